The second kappa shape index (κ2) is 6.17. The van der Waals surface area contributed by atoms with Gasteiger partial charge >= 0.3 is 0 Å². The van der Waals surface area contributed by atoms with Crippen molar-refractivity contribution in [3.8, 4) is 0 Å². The number of likely N-dealkylation sites (tertiary alicyclic amines) is 1. The van der Waals surface area contributed by atoms with Crippen LogP contribution < -0.4 is 0 Å². The summed E-state index contributed by atoms with van der Waals surface area (Å²) < 4.78 is 0. The molecule has 1 aliphatic carbocycles. The molecule has 26 heavy (non-hydrogen) atoms. The average Bonchev–Trinajstić information content (AvgIpc) is 3.07. The predicted octanol–water partition coefficient (Wildman–Crippen LogP) is 5.31. The molecule has 1 unspecified atom stereocenters. The largest absolute Gasteiger partial charge is 0.361 e. The van der Waals surface area contributed by atoms with Crippen molar-refractivity contribution in [3.05, 3.63) is 65.9 Å². The molecule has 1 fully saturated rings. The summed E-state index contributed by atoms with van der Waals surface area (Å²) in [5.41, 5.74) is 4.72. The van der Waals surface area contributed by atoms with Crippen molar-refractivity contribution in [1.29, 1.82) is 0 Å². The minimum atomic E-state index is 0.340. The second-order valence-corrected chi connectivity index (χ2v) is 9.54. The number of hydrogen-bond donors (Lipinski definition) is 1. The fourth-order valence-electron chi connectivity index (χ4n) is 5.23. The molecule has 0 radical (unpaired) electrons. The number of aromatic amines is 1. The van der Waals surface area contributed by atoms with Crippen molar-refractivity contribution >= 4 is 22.7 Å². The van der Waals surface area contributed by atoms with Crippen molar-refractivity contribution in [3.63, 3.8) is 0 Å². The van der Waals surface area contributed by atoms with Gasteiger partial charge in [-0.3, -0.25) is 0 Å². The Morgan fingerprint density at radius 1 is 1.15 bits per heavy atom. The normalized spacial score (nSPS) is 28.2. The lowest BCUT2D eigenvalue weighted by molar-refractivity contribution is 0.0679. The number of aromatic nitrogens is 1. The lowest BCUT2D eigenvalue weighted by Gasteiger charge is -2.50. The number of likely N-dealkylation sites (N-methyl/N-ethyl adjacent to an activating group) is 1. The number of piperidine rings is 1. The van der Waals surface area contributed by atoms with Crippen LogP contribution in [0.4, 0.5) is 0 Å². The number of thioether (sulfide) groups is 1. The Kier molecular flexibility index (Phi) is 3.91. The Balaban J connectivity index is 1.45. The van der Waals surface area contributed by atoms with Crippen LogP contribution in [-0.2, 0) is 6.42 Å². The van der Waals surface area contributed by atoms with E-state index in [9.17, 15) is 0 Å². The van der Waals surface area contributed by atoms with Crippen molar-refractivity contribution < 1.29 is 0 Å². The number of H-pyrrole nitrogens is 1. The summed E-state index contributed by atoms with van der Waals surface area (Å²) in [7, 11) is 2.33. The van der Waals surface area contributed by atoms with Gasteiger partial charge in [0.15, 0.2) is 0 Å². The maximum Gasteiger partial charge on any atom is 0.0459 e. The smallest absolute Gasteiger partial charge is 0.0459 e. The zero-order valence-electron chi connectivity index (χ0n) is 15.5. The Morgan fingerprint density at radius 2 is 2.00 bits per heavy atom. The predicted molar refractivity (Wildman–Crippen MR) is 111 cm³/mol. The van der Waals surface area contributed by atoms with Crippen LogP contribution in [0.15, 0.2) is 59.6 Å². The fraction of sp³-hybridized carbons (Fsp3) is 0.391. The molecule has 2 aromatic carbocycles. The van der Waals surface area contributed by atoms with E-state index >= 15 is 0 Å². The number of nitrogens with zero attached hydrogens (tertiary/aromatic N) is 1. The lowest BCUT2D eigenvalue weighted by atomic mass is 9.68. The SMILES string of the molecule is CN1C[C@@](C)(CSc2ccccc2)CC2c3cccc4[nH]cc(c34)C[C@H]21. The second-order valence-electron chi connectivity index (χ2n) is 8.49. The molecule has 5 rings (SSSR count). The van der Waals surface area contributed by atoms with Crippen LogP contribution in [0.25, 0.3) is 10.9 Å². The molecule has 1 saturated heterocycles. The molecule has 0 bridgehead atoms. The molecule has 0 spiro atoms. The number of rotatable bonds is 3. The number of nitrogens with one attached hydrogen (secondary N) is 1. The molecular weight excluding hydrogens is 336 g/mol. The first-order valence-electron chi connectivity index (χ1n) is 9.60. The molecule has 3 aromatic rings. The van der Waals surface area contributed by atoms with Gasteiger partial charge in [0, 0.05) is 46.3 Å². The first-order chi connectivity index (χ1) is 12.6. The molecular formula is C23H26N2S. The highest BCUT2D eigenvalue weighted by Gasteiger charge is 2.44. The van der Waals surface area contributed by atoms with Crippen LogP contribution >= 0.6 is 11.8 Å². The zero-order valence-corrected chi connectivity index (χ0v) is 16.4. The molecule has 2 aliphatic rings. The third kappa shape index (κ3) is 2.69. The van der Waals surface area contributed by atoms with Gasteiger partial charge in [0.1, 0.15) is 0 Å². The van der Waals surface area contributed by atoms with Gasteiger partial charge in [-0.25, -0.2) is 0 Å². The minimum Gasteiger partial charge on any atom is -0.361 e. The first-order valence-corrected chi connectivity index (χ1v) is 10.6. The van der Waals surface area contributed by atoms with Crippen LogP contribution in [0, 0.1) is 5.41 Å². The van der Waals surface area contributed by atoms with E-state index in [1.807, 2.05) is 11.8 Å². The van der Waals surface area contributed by atoms with Gasteiger partial charge in [-0.15, -0.1) is 11.8 Å². The van der Waals surface area contributed by atoms with Crippen molar-refractivity contribution in [2.45, 2.75) is 36.6 Å². The molecule has 1 aliphatic heterocycles. The maximum atomic E-state index is 3.49. The van der Waals surface area contributed by atoms with Crippen molar-refractivity contribution in [2.24, 2.45) is 5.41 Å². The molecule has 0 saturated carbocycles. The third-order valence-electron chi connectivity index (χ3n) is 6.35. The summed E-state index contributed by atoms with van der Waals surface area (Å²) >= 11 is 2.01. The topological polar surface area (TPSA) is 19.0 Å². The first kappa shape index (κ1) is 16.5. The Bertz CT molecular complexity index is 932. The fourth-order valence-corrected chi connectivity index (χ4v) is 6.31. The van der Waals surface area contributed by atoms with Crippen LogP contribution in [0.1, 0.15) is 30.4 Å². The van der Waals surface area contributed by atoms with Gasteiger partial charge in [-0.2, -0.15) is 0 Å². The summed E-state index contributed by atoms with van der Waals surface area (Å²) in [6.07, 6.45) is 4.70. The number of fused-ring (bicyclic) bond motifs is 2. The maximum absolute atomic E-state index is 3.49. The summed E-state index contributed by atoms with van der Waals surface area (Å²) in [6, 6.07) is 18.3. The van der Waals surface area contributed by atoms with E-state index in [1.54, 1.807) is 5.56 Å². The van der Waals surface area contributed by atoms with Crippen molar-refractivity contribution in [2.75, 3.05) is 19.3 Å². The Hall–Kier alpha value is -1.71. The molecule has 0 amide bonds. The van der Waals surface area contributed by atoms with Crippen LogP contribution in [0.5, 0.6) is 0 Å². The third-order valence-corrected chi connectivity index (χ3v) is 7.80. The lowest BCUT2D eigenvalue weighted by Crippen LogP contribution is -2.52. The quantitative estimate of drug-likeness (QED) is 0.637. The van der Waals surface area contributed by atoms with Gasteiger partial charge in [0.2, 0.25) is 0 Å². The summed E-state index contributed by atoms with van der Waals surface area (Å²) in [4.78, 5) is 7.51. The van der Waals surface area contributed by atoms with Crippen LogP contribution in [-0.4, -0.2) is 35.3 Å². The zero-order chi connectivity index (χ0) is 17.7. The molecule has 134 valence electrons. The molecule has 1 N–H and O–H groups in total. The van der Waals surface area contributed by atoms with E-state index < -0.39 is 0 Å². The van der Waals surface area contributed by atoms with E-state index in [-0.39, 0.29) is 0 Å². The van der Waals surface area contributed by atoms with Crippen LogP contribution in [0.2, 0.25) is 0 Å². The van der Waals surface area contributed by atoms with Gasteiger partial charge in [0.25, 0.3) is 0 Å². The Labute approximate surface area is 160 Å². The highest BCUT2D eigenvalue weighted by Crippen LogP contribution is 2.49. The van der Waals surface area contributed by atoms with Gasteiger partial charge in [0.05, 0.1) is 0 Å². The minimum absolute atomic E-state index is 0.340. The van der Waals surface area contributed by atoms with Gasteiger partial charge in [-0.1, -0.05) is 37.3 Å². The molecule has 1 aromatic heterocycles. The van der Waals surface area contributed by atoms with Gasteiger partial charge in [-0.05, 0) is 54.6 Å². The van der Waals surface area contributed by atoms with Crippen LogP contribution in [0.3, 0.4) is 0 Å². The summed E-state index contributed by atoms with van der Waals surface area (Å²) in [5, 5.41) is 1.50. The standard InChI is InChI=1S/C23H26N2S/c1-23(15-26-17-7-4-3-5-8-17)12-19-18-9-6-10-20-22(18)16(13-24-20)11-21(19)25(2)14-23/h3-10,13,19,21,24H,11-12,14-15H2,1-2H3/t19?,21-,23+/m1/s1. The van der Waals surface area contributed by atoms with E-state index in [1.165, 1.54) is 46.5 Å². The number of benzene rings is 2. The number of hydrogen-bond acceptors (Lipinski definition) is 2. The summed E-state index contributed by atoms with van der Waals surface area (Å²) in [6.45, 7) is 3.67. The Morgan fingerprint density at radius 3 is 2.85 bits per heavy atom. The van der Waals surface area contributed by atoms with Gasteiger partial charge < -0.3 is 9.88 Å². The van der Waals surface area contributed by atoms with Crippen molar-refractivity contribution in [1.82, 2.24) is 9.88 Å². The van der Waals surface area contributed by atoms with E-state index in [0.717, 1.165) is 0 Å². The highest BCUT2D eigenvalue weighted by atomic mass is 32.2. The molecule has 2 heterocycles. The molecule has 3 heteroatoms. The molecule has 3 atom stereocenters. The highest BCUT2D eigenvalue weighted by molar-refractivity contribution is 7.99. The summed E-state index contributed by atoms with van der Waals surface area (Å²) in [5.74, 6) is 1.82. The monoisotopic (exact) mass is 362 g/mol. The molecule has 2 nitrogen and oxygen atoms in total. The van der Waals surface area contributed by atoms with E-state index in [4.69, 9.17) is 0 Å². The van der Waals surface area contributed by atoms with E-state index in [0.29, 0.717) is 17.4 Å². The average molecular weight is 363 g/mol. The van der Waals surface area contributed by atoms with E-state index in [2.05, 4.69) is 78.6 Å².